The molecule has 130 valence electrons. The van der Waals surface area contributed by atoms with E-state index in [1.807, 2.05) is 17.9 Å². The van der Waals surface area contributed by atoms with Crippen molar-refractivity contribution in [3.63, 3.8) is 0 Å². The number of methoxy groups -OCH3 is 1. The van der Waals surface area contributed by atoms with Crippen molar-refractivity contribution >= 4 is 17.6 Å². The molecule has 1 aliphatic carbocycles. The molecule has 6 heteroatoms. The van der Waals surface area contributed by atoms with Crippen LogP contribution in [-0.4, -0.2) is 43.6 Å². The highest BCUT2D eigenvalue weighted by atomic mass is 16.5. The lowest BCUT2D eigenvalue weighted by molar-refractivity contribution is -0.0920. The number of nitrogens with zero attached hydrogens (tertiary/aromatic N) is 1. The number of primary amides is 1. The number of carbonyl (C=O) groups excluding carboxylic acids is 2. The van der Waals surface area contributed by atoms with Crippen molar-refractivity contribution in [2.45, 2.75) is 26.2 Å². The Bertz CT molecular complexity index is 649. The summed E-state index contributed by atoms with van der Waals surface area (Å²) in [5.74, 6) is 0.171. The van der Waals surface area contributed by atoms with Crippen LogP contribution in [0.5, 0.6) is 0 Å². The lowest BCUT2D eigenvalue weighted by Crippen LogP contribution is -2.65. The molecule has 3 N–H and O–H groups in total. The van der Waals surface area contributed by atoms with Gasteiger partial charge in [0.1, 0.15) is 0 Å². The summed E-state index contributed by atoms with van der Waals surface area (Å²) in [6, 6.07) is 5.02. The molecule has 0 atom stereocenters. The molecule has 0 radical (unpaired) electrons. The number of aryl methyl sites for hydroxylation is 1. The van der Waals surface area contributed by atoms with Gasteiger partial charge in [-0.3, -0.25) is 4.79 Å². The van der Waals surface area contributed by atoms with Gasteiger partial charge in [0.05, 0.1) is 6.61 Å². The monoisotopic (exact) mass is 331 g/mol. The number of carbonyl (C=O) groups is 2. The first-order valence-electron chi connectivity index (χ1n) is 8.40. The van der Waals surface area contributed by atoms with Crippen molar-refractivity contribution in [1.29, 1.82) is 0 Å². The number of ether oxygens (including phenoxy) is 1. The molecule has 1 aromatic carbocycles. The van der Waals surface area contributed by atoms with E-state index >= 15 is 0 Å². The number of likely N-dealkylation sites (tertiary alicyclic amines) is 1. The van der Waals surface area contributed by atoms with Gasteiger partial charge in [0.15, 0.2) is 0 Å². The Morgan fingerprint density at radius 2 is 2.04 bits per heavy atom. The van der Waals surface area contributed by atoms with Crippen LogP contribution in [0.3, 0.4) is 0 Å². The Hall–Kier alpha value is -2.08. The van der Waals surface area contributed by atoms with Crippen LogP contribution in [-0.2, 0) is 4.74 Å². The smallest absolute Gasteiger partial charge is 0.321 e. The first kappa shape index (κ1) is 16.8. The van der Waals surface area contributed by atoms with Crippen LogP contribution in [0.1, 0.15) is 35.2 Å². The van der Waals surface area contributed by atoms with Crippen LogP contribution in [0.15, 0.2) is 18.2 Å². The first-order valence-corrected chi connectivity index (χ1v) is 8.40. The summed E-state index contributed by atoms with van der Waals surface area (Å²) in [5.41, 5.74) is 7.33. The van der Waals surface area contributed by atoms with E-state index in [0.29, 0.717) is 23.8 Å². The molecule has 2 fully saturated rings. The second-order valence-corrected chi connectivity index (χ2v) is 7.16. The Morgan fingerprint density at radius 3 is 2.58 bits per heavy atom. The van der Waals surface area contributed by atoms with Crippen LogP contribution in [0, 0.1) is 18.3 Å². The maximum Gasteiger partial charge on any atom is 0.321 e. The Labute approximate surface area is 142 Å². The maximum atomic E-state index is 12.5. The van der Waals surface area contributed by atoms with E-state index in [1.165, 1.54) is 19.3 Å². The number of nitrogens with two attached hydrogens (primary N) is 1. The Balaban J connectivity index is 1.63. The average Bonchev–Trinajstić information content (AvgIpc) is 2.41. The summed E-state index contributed by atoms with van der Waals surface area (Å²) in [5, 5.41) is 2.87. The van der Waals surface area contributed by atoms with Crippen molar-refractivity contribution in [2.24, 2.45) is 17.1 Å². The molecule has 0 bridgehead atoms. The lowest BCUT2D eigenvalue weighted by Gasteiger charge is -2.56. The van der Waals surface area contributed by atoms with Crippen LogP contribution in [0.25, 0.3) is 0 Å². The molecule has 3 rings (SSSR count). The van der Waals surface area contributed by atoms with Gasteiger partial charge in [-0.15, -0.1) is 0 Å². The maximum absolute atomic E-state index is 12.5. The number of rotatable bonds is 5. The van der Waals surface area contributed by atoms with Gasteiger partial charge >= 0.3 is 6.03 Å². The van der Waals surface area contributed by atoms with Crippen molar-refractivity contribution in [2.75, 3.05) is 32.1 Å². The number of nitrogens with one attached hydrogen (secondary N) is 1. The lowest BCUT2D eigenvalue weighted by atomic mass is 9.61. The molecule has 0 unspecified atom stereocenters. The highest BCUT2D eigenvalue weighted by Crippen LogP contribution is 2.48. The molecule has 1 saturated carbocycles. The van der Waals surface area contributed by atoms with Crippen molar-refractivity contribution in [3.8, 4) is 0 Å². The number of anilines is 1. The van der Waals surface area contributed by atoms with Crippen LogP contribution < -0.4 is 11.1 Å². The largest absolute Gasteiger partial charge is 0.384 e. The standard InChI is InChI=1S/C18H25N3O3/c1-12-6-13(16(19)22)8-15(7-12)20-17(23)21-9-18(10-21,11-24-2)14-4-3-5-14/h6-8,14H,3-5,9-11H2,1-2H3,(H2,19,22)(H,20,23). The summed E-state index contributed by atoms with van der Waals surface area (Å²) in [7, 11) is 1.72. The highest BCUT2D eigenvalue weighted by Gasteiger charge is 2.52. The predicted molar refractivity (Wildman–Crippen MR) is 91.9 cm³/mol. The molecule has 6 nitrogen and oxygen atoms in total. The van der Waals surface area contributed by atoms with Gasteiger partial charge in [0.2, 0.25) is 5.91 Å². The number of hydrogen-bond donors (Lipinski definition) is 2. The number of benzene rings is 1. The minimum atomic E-state index is -0.498. The molecule has 0 aromatic heterocycles. The third-order valence-electron chi connectivity index (χ3n) is 5.31. The van der Waals surface area contributed by atoms with Gasteiger partial charge in [-0.2, -0.15) is 0 Å². The molecular formula is C18H25N3O3. The summed E-state index contributed by atoms with van der Waals surface area (Å²) >= 11 is 0. The quantitative estimate of drug-likeness (QED) is 0.869. The van der Waals surface area contributed by atoms with E-state index in [0.717, 1.165) is 18.7 Å². The summed E-state index contributed by atoms with van der Waals surface area (Å²) < 4.78 is 5.40. The van der Waals surface area contributed by atoms with Gasteiger partial charge in [-0.05, 0) is 49.4 Å². The number of amides is 3. The van der Waals surface area contributed by atoms with E-state index in [1.54, 1.807) is 19.2 Å². The van der Waals surface area contributed by atoms with E-state index < -0.39 is 5.91 Å². The second kappa shape index (κ2) is 6.43. The molecule has 24 heavy (non-hydrogen) atoms. The highest BCUT2D eigenvalue weighted by molar-refractivity contribution is 5.96. The molecular weight excluding hydrogens is 306 g/mol. The minimum Gasteiger partial charge on any atom is -0.384 e. The van der Waals surface area contributed by atoms with Crippen LogP contribution in [0.4, 0.5) is 10.5 Å². The van der Waals surface area contributed by atoms with E-state index in [4.69, 9.17) is 10.5 Å². The van der Waals surface area contributed by atoms with Crippen LogP contribution >= 0.6 is 0 Å². The molecule has 0 spiro atoms. The number of hydrogen-bond acceptors (Lipinski definition) is 3. The average molecular weight is 331 g/mol. The fraction of sp³-hybridized carbons (Fsp3) is 0.556. The zero-order valence-electron chi connectivity index (χ0n) is 14.3. The van der Waals surface area contributed by atoms with E-state index in [9.17, 15) is 9.59 Å². The van der Waals surface area contributed by atoms with Gasteiger partial charge in [0, 0.05) is 36.9 Å². The summed E-state index contributed by atoms with van der Waals surface area (Å²) in [6.45, 7) is 4.03. The Kier molecular flexibility index (Phi) is 4.49. The zero-order valence-corrected chi connectivity index (χ0v) is 14.3. The summed E-state index contributed by atoms with van der Waals surface area (Å²) in [4.78, 5) is 25.6. The molecule has 1 aliphatic heterocycles. The van der Waals surface area contributed by atoms with Gasteiger partial charge < -0.3 is 20.7 Å². The molecule has 2 aliphatic rings. The Morgan fingerprint density at radius 1 is 1.33 bits per heavy atom. The van der Waals surface area contributed by atoms with Gasteiger partial charge in [0.25, 0.3) is 0 Å². The summed E-state index contributed by atoms with van der Waals surface area (Å²) in [6.07, 6.45) is 3.75. The fourth-order valence-corrected chi connectivity index (χ4v) is 3.83. The van der Waals surface area contributed by atoms with E-state index in [-0.39, 0.29) is 11.4 Å². The second-order valence-electron chi connectivity index (χ2n) is 7.16. The molecule has 1 aromatic rings. The molecule has 1 heterocycles. The van der Waals surface area contributed by atoms with Crippen molar-refractivity contribution in [3.05, 3.63) is 29.3 Å². The predicted octanol–water partition coefficient (Wildman–Crippen LogP) is 2.37. The topological polar surface area (TPSA) is 84.7 Å². The van der Waals surface area contributed by atoms with Crippen molar-refractivity contribution in [1.82, 2.24) is 4.90 Å². The van der Waals surface area contributed by atoms with Gasteiger partial charge in [-0.1, -0.05) is 6.42 Å². The normalized spacial score (nSPS) is 19.3. The van der Waals surface area contributed by atoms with Crippen molar-refractivity contribution < 1.29 is 14.3 Å². The number of urea groups is 1. The van der Waals surface area contributed by atoms with Gasteiger partial charge in [-0.25, -0.2) is 4.79 Å². The minimum absolute atomic E-state index is 0.120. The fourth-order valence-electron chi connectivity index (χ4n) is 3.83. The zero-order chi connectivity index (χ0) is 17.3. The van der Waals surface area contributed by atoms with E-state index in [2.05, 4.69) is 5.32 Å². The third kappa shape index (κ3) is 3.11. The van der Waals surface area contributed by atoms with Crippen LogP contribution in [0.2, 0.25) is 0 Å². The first-order chi connectivity index (χ1) is 11.4. The third-order valence-corrected chi connectivity index (χ3v) is 5.31. The molecule has 1 saturated heterocycles. The SMILES string of the molecule is COCC1(C2CCC2)CN(C(=O)Nc2cc(C)cc(C(N)=O)c2)C1. The molecule has 3 amide bonds.